The van der Waals surface area contributed by atoms with Gasteiger partial charge in [-0.3, -0.25) is 0 Å². The molecular weight excluding hydrogens is 501 g/mol. The maximum absolute atomic E-state index is 15.4. The first-order valence-electron chi connectivity index (χ1n) is 12.4. The van der Waals surface area contributed by atoms with E-state index >= 15 is 4.39 Å². The summed E-state index contributed by atoms with van der Waals surface area (Å²) < 4.78 is 35.1. The van der Waals surface area contributed by atoms with Gasteiger partial charge in [0.1, 0.15) is 24.1 Å². The minimum atomic E-state index is -0.431. The number of hydrogen-bond acceptors (Lipinski definition) is 7. The number of ether oxygens (including phenoxy) is 3. The van der Waals surface area contributed by atoms with Crippen molar-refractivity contribution in [3.05, 3.63) is 95.6 Å². The third-order valence-electron chi connectivity index (χ3n) is 6.46. The first kappa shape index (κ1) is 26.1. The number of methoxy groups -OCH3 is 2. The number of benzene rings is 2. The van der Waals surface area contributed by atoms with Crippen LogP contribution in [0.1, 0.15) is 27.6 Å². The average Bonchev–Trinajstić information content (AvgIpc) is 3.53. The fourth-order valence-corrected chi connectivity index (χ4v) is 4.33. The van der Waals surface area contributed by atoms with Gasteiger partial charge in [-0.25, -0.2) is 24.1 Å². The van der Waals surface area contributed by atoms with Gasteiger partial charge in [0.2, 0.25) is 5.88 Å². The minimum absolute atomic E-state index is 0.262. The predicted octanol–water partition coefficient (Wildman–Crippen LogP) is 4.57. The molecule has 0 bridgehead atoms. The van der Waals surface area contributed by atoms with E-state index in [1.807, 2.05) is 40.6 Å². The number of rotatable bonds is 10. The lowest BCUT2D eigenvalue weighted by Gasteiger charge is -2.11. The van der Waals surface area contributed by atoms with Gasteiger partial charge in [0.05, 0.1) is 36.0 Å². The summed E-state index contributed by atoms with van der Waals surface area (Å²) in [5, 5.41) is 0. The second-order valence-electron chi connectivity index (χ2n) is 8.95. The van der Waals surface area contributed by atoms with E-state index in [0.29, 0.717) is 52.8 Å². The highest BCUT2D eigenvalue weighted by Crippen LogP contribution is 2.26. The van der Waals surface area contributed by atoms with Gasteiger partial charge in [-0.2, -0.15) is 0 Å². The molecule has 0 atom stereocenters. The molecule has 3 heterocycles. The molecule has 0 saturated heterocycles. The highest BCUT2D eigenvalue weighted by molar-refractivity contribution is 5.93. The number of aryl methyl sites for hydroxylation is 1. The summed E-state index contributed by atoms with van der Waals surface area (Å²) in [5.41, 5.74) is 3.60. The molecule has 10 heteroatoms. The number of fused-ring (bicyclic) bond motifs is 1. The first-order chi connectivity index (χ1) is 19.0. The second-order valence-corrected chi connectivity index (χ2v) is 8.95. The van der Waals surface area contributed by atoms with Gasteiger partial charge in [0, 0.05) is 51.1 Å². The second kappa shape index (κ2) is 11.4. The molecule has 39 heavy (non-hydrogen) atoms. The van der Waals surface area contributed by atoms with Crippen LogP contribution < -0.4 is 4.74 Å². The van der Waals surface area contributed by atoms with Gasteiger partial charge >= 0.3 is 5.97 Å². The van der Waals surface area contributed by atoms with E-state index in [9.17, 15) is 4.79 Å². The van der Waals surface area contributed by atoms with Gasteiger partial charge in [-0.15, -0.1) is 0 Å². The fourth-order valence-electron chi connectivity index (χ4n) is 4.33. The number of aromatic nitrogens is 5. The van der Waals surface area contributed by atoms with Crippen LogP contribution in [0.4, 0.5) is 4.39 Å². The van der Waals surface area contributed by atoms with Crippen LogP contribution in [0, 0.1) is 5.82 Å². The van der Waals surface area contributed by atoms with Crippen molar-refractivity contribution in [3.63, 3.8) is 0 Å². The number of carbonyl (C=O) groups is 1. The smallest absolute Gasteiger partial charge is 0.337 e. The lowest BCUT2D eigenvalue weighted by Crippen LogP contribution is -2.10. The van der Waals surface area contributed by atoms with Crippen LogP contribution in [0.15, 0.2) is 67.0 Å². The number of halogens is 1. The Morgan fingerprint density at radius 3 is 2.64 bits per heavy atom. The molecule has 5 rings (SSSR count). The van der Waals surface area contributed by atoms with Gasteiger partial charge in [0.15, 0.2) is 0 Å². The van der Waals surface area contributed by atoms with Crippen LogP contribution in [0.2, 0.25) is 0 Å². The van der Waals surface area contributed by atoms with Crippen LogP contribution in [0.25, 0.3) is 22.3 Å². The standard InChI is InChI=1S/C29H28FN5O4/c1-34-12-11-31-27(34)18-39-28-6-4-5-23(33-28)20-8-7-19(22(30)15-20)17-26-32-24-10-9-21(29(36)38-3)16-25(24)35(26)13-14-37-2/h4-12,15-16H,13-14,17-18H2,1-3H3. The molecule has 0 radical (unpaired) electrons. The van der Waals surface area contributed by atoms with Crippen LogP contribution in [-0.2, 0) is 36.1 Å². The number of carbonyl (C=O) groups excluding carboxylic acids is 1. The van der Waals surface area contributed by atoms with Gasteiger partial charge in [0.25, 0.3) is 0 Å². The Kier molecular flexibility index (Phi) is 7.64. The Morgan fingerprint density at radius 2 is 1.90 bits per heavy atom. The first-order valence-corrected chi connectivity index (χ1v) is 12.4. The molecule has 0 N–H and O–H groups in total. The van der Waals surface area contributed by atoms with Crippen molar-refractivity contribution >= 4 is 17.0 Å². The van der Waals surface area contributed by atoms with E-state index in [1.54, 1.807) is 43.6 Å². The maximum atomic E-state index is 15.4. The molecule has 2 aromatic carbocycles. The lowest BCUT2D eigenvalue weighted by atomic mass is 10.1. The Labute approximate surface area is 224 Å². The molecule has 0 unspecified atom stereocenters. The SMILES string of the molecule is COCCn1c(Cc2ccc(-c3cccc(OCc4nccn4C)n3)cc2F)nc2ccc(C(=O)OC)cc21. The Morgan fingerprint density at radius 1 is 1.03 bits per heavy atom. The van der Waals surface area contributed by atoms with E-state index in [1.165, 1.54) is 13.2 Å². The summed E-state index contributed by atoms with van der Waals surface area (Å²) in [6, 6.07) is 15.6. The highest BCUT2D eigenvalue weighted by Gasteiger charge is 2.17. The molecule has 0 fully saturated rings. The minimum Gasteiger partial charge on any atom is -0.469 e. The summed E-state index contributed by atoms with van der Waals surface area (Å²) in [6.07, 6.45) is 3.82. The number of imidazole rings is 2. The van der Waals surface area contributed by atoms with Crippen molar-refractivity contribution in [2.75, 3.05) is 20.8 Å². The number of pyridine rings is 1. The number of esters is 1. The van der Waals surface area contributed by atoms with Crippen LogP contribution in [0.5, 0.6) is 5.88 Å². The number of nitrogens with zero attached hydrogens (tertiary/aromatic N) is 5. The van der Waals surface area contributed by atoms with Crippen molar-refractivity contribution in [2.24, 2.45) is 7.05 Å². The molecule has 0 aliphatic heterocycles. The zero-order chi connectivity index (χ0) is 27.4. The summed E-state index contributed by atoms with van der Waals surface area (Å²) >= 11 is 0. The largest absolute Gasteiger partial charge is 0.469 e. The summed E-state index contributed by atoms with van der Waals surface area (Å²) in [6.45, 7) is 1.21. The fraction of sp³-hybridized carbons (Fsp3) is 0.241. The molecule has 3 aromatic heterocycles. The third kappa shape index (κ3) is 5.65. The van der Waals surface area contributed by atoms with Crippen molar-refractivity contribution < 1.29 is 23.4 Å². The maximum Gasteiger partial charge on any atom is 0.337 e. The molecule has 0 aliphatic carbocycles. The van der Waals surface area contributed by atoms with Crippen LogP contribution in [-0.4, -0.2) is 50.9 Å². The van der Waals surface area contributed by atoms with Crippen molar-refractivity contribution in [2.45, 2.75) is 19.6 Å². The van der Waals surface area contributed by atoms with Crippen molar-refractivity contribution in [1.82, 2.24) is 24.1 Å². The molecule has 5 aromatic rings. The molecule has 0 amide bonds. The van der Waals surface area contributed by atoms with E-state index < -0.39 is 5.97 Å². The van der Waals surface area contributed by atoms with Gasteiger partial charge in [-0.05, 0) is 35.9 Å². The molecule has 0 aliphatic rings. The summed E-state index contributed by atoms with van der Waals surface area (Å²) in [5.74, 6) is 1.07. The van der Waals surface area contributed by atoms with E-state index in [2.05, 4.69) is 9.97 Å². The Hall–Kier alpha value is -4.57. The van der Waals surface area contributed by atoms with E-state index in [-0.39, 0.29) is 18.8 Å². The zero-order valence-electron chi connectivity index (χ0n) is 21.9. The highest BCUT2D eigenvalue weighted by atomic mass is 19.1. The Balaban J connectivity index is 1.39. The monoisotopic (exact) mass is 529 g/mol. The summed E-state index contributed by atoms with van der Waals surface area (Å²) in [7, 11) is 4.85. The molecule has 9 nitrogen and oxygen atoms in total. The van der Waals surface area contributed by atoms with Gasteiger partial charge < -0.3 is 23.3 Å². The topological polar surface area (TPSA) is 93.3 Å². The molecular formula is C29H28FN5O4. The third-order valence-corrected chi connectivity index (χ3v) is 6.46. The quantitative estimate of drug-likeness (QED) is 0.245. The van der Waals surface area contributed by atoms with Crippen LogP contribution >= 0.6 is 0 Å². The summed E-state index contributed by atoms with van der Waals surface area (Å²) in [4.78, 5) is 25.6. The zero-order valence-corrected chi connectivity index (χ0v) is 21.9. The number of hydrogen-bond donors (Lipinski definition) is 0. The lowest BCUT2D eigenvalue weighted by molar-refractivity contribution is 0.0601. The molecule has 0 saturated carbocycles. The van der Waals surface area contributed by atoms with Crippen LogP contribution in [0.3, 0.4) is 0 Å². The normalized spacial score (nSPS) is 11.2. The predicted molar refractivity (Wildman–Crippen MR) is 143 cm³/mol. The average molecular weight is 530 g/mol. The molecule has 0 spiro atoms. The van der Waals surface area contributed by atoms with Crippen molar-refractivity contribution in [3.8, 4) is 17.1 Å². The van der Waals surface area contributed by atoms with Crippen molar-refractivity contribution in [1.29, 1.82) is 0 Å². The van der Waals surface area contributed by atoms with E-state index in [4.69, 9.17) is 19.2 Å². The molecule has 200 valence electrons. The van der Waals surface area contributed by atoms with E-state index in [0.717, 1.165) is 11.3 Å². The van der Waals surface area contributed by atoms with Gasteiger partial charge in [-0.1, -0.05) is 18.2 Å². The Bertz CT molecular complexity index is 1630.